The van der Waals surface area contributed by atoms with E-state index in [0.717, 1.165) is 11.9 Å². The monoisotopic (exact) mass is 1270 g/mol. The topological polar surface area (TPSA) is 430 Å². The molecule has 28 nitrogen and oxygen atoms in total. The third-order valence-corrected chi connectivity index (χ3v) is 22.5. The van der Waals surface area contributed by atoms with E-state index in [-0.39, 0.29) is 18.8 Å². The minimum Gasteiger partial charge on any atom is -0.479 e. The Bertz CT molecular complexity index is 2670. The number of aldehydes is 1. The summed E-state index contributed by atoms with van der Waals surface area (Å²) < 4.78 is 67.1. The van der Waals surface area contributed by atoms with Crippen molar-refractivity contribution in [3.63, 3.8) is 0 Å². The third kappa shape index (κ3) is 11.8. The van der Waals surface area contributed by atoms with Gasteiger partial charge in [0.15, 0.2) is 37.4 Å². The van der Waals surface area contributed by atoms with Crippen LogP contribution in [0.25, 0.3) is 0 Å². The van der Waals surface area contributed by atoms with E-state index in [1.807, 2.05) is 13.8 Å². The highest BCUT2D eigenvalue weighted by atomic mass is 16.8. The van der Waals surface area contributed by atoms with Crippen LogP contribution in [0.15, 0.2) is 23.3 Å². The van der Waals surface area contributed by atoms with Crippen molar-refractivity contribution >= 4 is 30.2 Å². The number of allylic oxidation sites excluding steroid dienone is 3. The van der Waals surface area contributed by atoms with Crippen LogP contribution in [0.5, 0.6) is 0 Å². The molecule has 5 aliphatic carbocycles. The van der Waals surface area contributed by atoms with Gasteiger partial charge in [-0.25, -0.2) is 9.59 Å². The molecule has 4 heterocycles. The van der Waals surface area contributed by atoms with Crippen molar-refractivity contribution in [3.8, 4) is 0 Å². The van der Waals surface area contributed by atoms with Crippen molar-refractivity contribution in [2.24, 2.45) is 50.2 Å². The zero-order chi connectivity index (χ0) is 65.6. The lowest BCUT2D eigenvalue weighted by Gasteiger charge is -2.72. The Kier molecular flexibility index (Phi) is 20.2. The van der Waals surface area contributed by atoms with Gasteiger partial charge in [-0.1, -0.05) is 59.3 Å². The van der Waals surface area contributed by atoms with E-state index in [1.165, 1.54) is 13.8 Å². The highest BCUT2D eigenvalue weighted by Gasteiger charge is 2.75. The van der Waals surface area contributed by atoms with Gasteiger partial charge in [0.25, 0.3) is 0 Å². The van der Waals surface area contributed by atoms with Crippen molar-refractivity contribution in [2.45, 2.75) is 249 Å². The number of carboxylic acid groups (broad SMARTS) is 1. The van der Waals surface area contributed by atoms with Gasteiger partial charge in [-0.2, -0.15) is 0 Å². The standard InChI is InChI=1S/C61H92O28/c1-11-25(2)51(78)89-48-49(82-27(4)66)61(24-64)29(18-56(48,5)6)28-12-13-34-57(7)16-15-35(58(8,23-63)33(57)14-17-59(34,9)60(28,10)19-36(61)81-26(3)65)84-55-47(88-53-42(74)40(72)39(71)32(20-62)83-53)44(43(75)45(86-55)50(76)77)85-54-46(38(70)31(68)22-80-54)87-52-41(73)37(69)30(67)21-79-52/h11-12,23,29-49,52-55,62,64,67-75H,13-22,24H2,1-10H3,(H,76,77)/b25-11-/t29-,30+,31-,32+,33+,34+,35-,36+,37-,38-,39-,40-,41+,42+,43-,44-,45-,46+,47+,48-,49-,52-,53-,54-,55+,57-,58-,59+,60+,61-/m0/s1. The number of carbonyl (C=O) groups is 5. The van der Waals surface area contributed by atoms with Crippen molar-refractivity contribution in [1.29, 1.82) is 0 Å². The zero-order valence-corrected chi connectivity index (χ0v) is 51.8. The van der Waals surface area contributed by atoms with Gasteiger partial charge >= 0.3 is 23.9 Å². The highest BCUT2D eigenvalue weighted by Crippen LogP contribution is 2.76. The summed E-state index contributed by atoms with van der Waals surface area (Å²) in [5, 5.41) is 131. The van der Waals surface area contributed by atoms with Crippen molar-refractivity contribution in [1.82, 2.24) is 0 Å². The fourth-order valence-corrected chi connectivity index (χ4v) is 17.3. The number of ether oxygens (including phenoxy) is 11. The largest absolute Gasteiger partial charge is 0.479 e. The molecule has 30 atom stereocenters. The summed E-state index contributed by atoms with van der Waals surface area (Å²) in [4.78, 5) is 67.7. The molecule has 0 aromatic heterocycles. The molecule has 0 aromatic carbocycles. The quantitative estimate of drug-likeness (QED) is 0.0210. The fraction of sp³-hybridized carbons (Fsp3) is 0.852. The maximum atomic E-state index is 14.3. The van der Waals surface area contributed by atoms with Gasteiger partial charge in [0, 0.05) is 24.8 Å². The predicted molar refractivity (Wildman–Crippen MR) is 298 cm³/mol. The lowest BCUT2D eigenvalue weighted by atomic mass is 9.33. The van der Waals surface area contributed by atoms with Crippen LogP contribution in [0.2, 0.25) is 0 Å². The minimum atomic E-state index is -2.29. The molecule has 9 aliphatic rings. The van der Waals surface area contributed by atoms with E-state index in [1.54, 1.807) is 26.8 Å². The molecule has 0 radical (unpaired) electrons. The molecular weight excluding hydrogens is 1180 g/mol. The summed E-state index contributed by atoms with van der Waals surface area (Å²) in [6.07, 6.45) is -32.6. The lowest BCUT2D eigenvalue weighted by Crippen LogP contribution is -2.73. The first-order chi connectivity index (χ1) is 41.6. The maximum Gasteiger partial charge on any atom is 0.335 e. The van der Waals surface area contributed by atoms with E-state index in [0.29, 0.717) is 37.7 Å². The summed E-state index contributed by atoms with van der Waals surface area (Å²) in [5.41, 5.74) is -4.65. The van der Waals surface area contributed by atoms with Crippen LogP contribution in [0.3, 0.4) is 0 Å². The van der Waals surface area contributed by atoms with Crippen LogP contribution < -0.4 is 0 Å². The van der Waals surface area contributed by atoms with E-state index in [9.17, 15) is 85.3 Å². The Morgan fingerprint density at radius 3 is 1.85 bits per heavy atom. The Hall–Kier alpha value is -3.73. The molecule has 0 amide bonds. The number of aliphatic carboxylic acids is 1. The van der Waals surface area contributed by atoms with Gasteiger partial charge in [0.1, 0.15) is 97.8 Å². The number of aliphatic hydroxyl groups is 11. The van der Waals surface area contributed by atoms with Crippen LogP contribution in [-0.4, -0.2) is 253 Å². The molecule has 0 bridgehead atoms. The average molecular weight is 1270 g/mol. The van der Waals surface area contributed by atoms with E-state index < -0.39 is 230 Å². The molecule has 4 saturated carbocycles. The number of aliphatic hydroxyl groups excluding tert-OH is 11. The summed E-state index contributed by atoms with van der Waals surface area (Å²) >= 11 is 0. The minimum absolute atomic E-state index is 0.0912. The summed E-state index contributed by atoms with van der Waals surface area (Å²) in [6.45, 7) is 15.0. The average Bonchev–Trinajstić information content (AvgIpc) is 0.669. The number of rotatable bonds is 16. The van der Waals surface area contributed by atoms with Crippen LogP contribution in [0.1, 0.15) is 114 Å². The van der Waals surface area contributed by atoms with Crippen molar-refractivity contribution in [3.05, 3.63) is 23.3 Å². The Morgan fingerprint density at radius 1 is 0.629 bits per heavy atom. The van der Waals surface area contributed by atoms with Crippen LogP contribution in [0.4, 0.5) is 0 Å². The molecule has 0 spiro atoms. The van der Waals surface area contributed by atoms with Crippen LogP contribution >= 0.6 is 0 Å². The third-order valence-electron chi connectivity index (χ3n) is 22.5. The van der Waals surface area contributed by atoms with Gasteiger partial charge in [0.2, 0.25) is 0 Å². The van der Waals surface area contributed by atoms with Crippen LogP contribution in [-0.2, 0) is 76.1 Å². The van der Waals surface area contributed by atoms with Gasteiger partial charge in [-0.3, -0.25) is 9.59 Å². The maximum absolute atomic E-state index is 14.3. The second kappa shape index (κ2) is 25.9. The van der Waals surface area contributed by atoms with Gasteiger partial charge in [0.05, 0.1) is 43.4 Å². The molecule has 8 fully saturated rings. The molecule has 4 aliphatic heterocycles. The second-order valence-electron chi connectivity index (χ2n) is 27.9. The first-order valence-electron chi connectivity index (χ1n) is 30.7. The molecule has 4 saturated heterocycles. The zero-order valence-electron chi connectivity index (χ0n) is 51.8. The normalized spacial score (nSPS) is 49.7. The summed E-state index contributed by atoms with van der Waals surface area (Å²) in [7, 11) is 0. The number of esters is 3. The number of carboxylic acids is 1. The second-order valence-corrected chi connectivity index (χ2v) is 27.9. The van der Waals surface area contributed by atoms with E-state index in [2.05, 4.69) is 26.8 Å². The molecular formula is C61H92O28. The highest BCUT2D eigenvalue weighted by molar-refractivity contribution is 5.87. The Morgan fingerprint density at radius 2 is 1.25 bits per heavy atom. The Labute approximate surface area is 515 Å². The predicted octanol–water partition coefficient (Wildman–Crippen LogP) is -1.44. The molecule has 9 rings (SSSR count). The molecule has 504 valence electrons. The van der Waals surface area contributed by atoms with Gasteiger partial charge < -0.3 is 118 Å². The Balaban J connectivity index is 1.07. The van der Waals surface area contributed by atoms with Crippen LogP contribution in [0, 0.1) is 50.2 Å². The molecule has 89 heavy (non-hydrogen) atoms. The lowest BCUT2D eigenvalue weighted by molar-refractivity contribution is -0.398. The number of hydrogen-bond donors (Lipinski definition) is 12. The number of carbonyl (C=O) groups excluding carboxylic acids is 4. The summed E-state index contributed by atoms with van der Waals surface area (Å²) in [6, 6.07) is 0. The summed E-state index contributed by atoms with van der Waals surface area (Å²) in [5.74, 6) is -5.02. The molecule has 0 unspecified atom stereocenters. The molecule has 0 aromatic rings. The first-order valence-corrected chi connectivity index (χ1v) is 30.7. The van der Waals surface area contributed by atoms with Gasteiger partial charge in [-0.05, 0) is 92.8 Å². The van der Waals surface area contributed by atoms with Crippen molar-refractivity contribution < 1.29 is 137 Å². The van der Waals surface area contributed by atoms with E-state index >= 15 is 0 Å². The van der Waals surface area contributed by atoms with Crippen molar-refractivity contribution in [2.75, 3.05) is 26.4 Å². The molecule has 12 N–H and O–H groups in total. The smallest absolute Gasteiger partial charge is 0.335 e. The van der Waals surface area contributed by atoms with Gasteiger partial charge in [-0.15, -0.1) is 0 Å². The molecule has 28 heteroatoms. The number of fused-ring (bicyclic) bond motifs is 7. The number of hydrogen-bond acceptors (Lipinski definition) is 27. The first kappa shape index (κ1) is 69.6. The SMILES string of the molecule is C/C=C(/C)C(=O)O[C@H]1[C@H](OC(C)=O)[C@]2(CO)[C@H](OC(C)=O)C[C@]3(C)C(=CC[C@@H]4[C@@]5(C)CC[C@H](O[C@@H]6O[C@H](C(=O)O)[C@@H](O)[C@H](O[C@@H]7OC[C@H](O)[C@H](O)[C@H]7O[C@@H]7OC[C@@H](O)[C@H](O)[C@H]7O)[C@H]6O[C@@H]6O[C@H](CO)[C@H](O)[C@H](O)[C@H]6O)[C@@](C)(C=O)[C@@H]5CC[C@]43C)[C@@H]2CC1(C)C. The van der Waals surface area contributed by atoms with E-state index in [4.69, 9.17) is 52.1 Å². The fourth-order valence-electron chi connectivity index (χ4n) is 17.3.